The number of hydrogen-bond donors (Lipinski definition) is 0. The van der Waals surface area contributed by atoms with Crippen LogP contribution >= 0.6 is 0 Å². The minimum atomic E-state index is 0.203. The van der Waals surface area contributed by atoms with Gasteiger partial charge in [-0.25, -0.2) is 0 Å². The van der Waals surface area contributed by atoms with Crippen molar-refractivity contribution in [1.82, 2.24) is 0 Å². The van der Waals surface area contributed by atoms with Crippen LogP contribution in [0.25, 0.3) is 0 Å². The first-order valence-electron chi connectivity index (χ1n) is 5.11. The summed E-state index contributed by atoms with van der Waals surface area (Å²) in [6.45, 7) is 0. The normalized spacial score (nSPS) is 55.8. The third-order valence-electron chi connectivity index (χ3n) is 4.16. The molecule has 0 N–H and O–H groups in total. The van der Waals surface area contributed by atoms with Crippen LogP contribution < -0.4 is 0 Å². The van der Waals surface area contributed by atoms with Crippen molar-refractivity contribution in [2.45, 2.75) is 43.3 Å². The summed E-state index contributed by atoms with van der Waals surface area (Å²) in [6.07, 6.45) is 8.06. The maximum atomic E-state index is 11.1. The Kier molecular flexibility index (Phi) is 1.41. The van der Waals surface area contributed by atoms with E-state index in [4.69, 9.17) is 0 Å². The fraction of sp³-hybridized carbons (Fsp3) is 1.00. The van der Waals surface area contributed by atoms with Crippen LogP contribution in [0.4, 0.5) is 0 Å². The van der Waals surface area contributed by atoms with Gasteiger partial charge in [0.15, 0.2) is 0 Å². The second-order valence-corrected chi connectivity index (χ2v) is 6.22. The van der Waals surface area contributed by atoms with Gasteiger partial charge in [-0.05, 0) is 37.0 Å². The van der Waals surface area contributed by atoms with Crippen molar-refractivity contribution in [3.63, 3.8) is 0 Å². The van der Waals surface area contributed by atoms with E-state index in [9.17, 15) is 4.21 Å². The molecular weight excluding hydrogens is 168 g/mol. The molecule has 4 aliphatic rings. The fourth-order valence-corrected chi connectivity index (χ4v) is 5.04. The molecule has 0 radical (unpaired) electrons. The number of hydrogen-bond acceptors (Lipinski definition) is 1. The quantitative estimate of drug-likeness (QED) is 0.570. The third-order valence-corrected chi connectivity index (χ3v) is 5.01. The molecule has 1 nitrogen and oxygen atoms in total. The van der Waals surface area contributed by atoms with Crippen molar-refractivity contribution in [3.05, 3.63) is 0 Å². The highest BCUT2D eigenvalue weighted by molar-refractivity contribution is 7.67. The van der Waals surface area contributed by atoms with Gasteiger partial charge < -0.3 is 0 Å². The van der Waals surface area contributed by atoms with Gasteiger partial charge in [-0.2, -0.15) is 0 Å². The van der Waals surface area contributed by atoms with Crippen LogP contribution in [0.2, 0.25) is 0 Å². The van der Waals surface area contributed by atoms with E-state index in [0.717, 1.165) is 29.4 Å². The molecule has 0 saturated heterocycles. The summed E-state index contributed by atoms with van der Waals surface area (Å²) in [7, 11) is 0. The molecular formula is C10H15OS+. The van der Waals surface area contributed by atoms with Gasteiger partial charge >= 0.3 is 11.7 Å². The zero-order valence-corrected chi connectivity index (χ0v) is 8.11. The Labute approximate surface area is 77.4 Å². The first-order chi connectivity index (χ1) is 5.80. The summed E-state index contributed by atoms with van der Waals surface area (Å²) in [5.74, 6) is 2.79. The summed E-state index contributed by atoms with van der Waals surface area (Å²) in [5, 5.41) is 0. The Balaban J connectivity index is 1.95. The van der Waals surface area contributed by atoms with Crippen LogP contribution in [0.5, 0.6) is 0 Å². The summed E-state index contributed by atoms with van der Waals surface area (Å²) < 4.78 is 11.3. The van der Waals surface area contributed by atoms with E-state index < -0.39 is 0 Å². The lowest BCUT2D eigenvalue weighted by atomic mass is 9.56. The standard InChI is InChI=1S/C10H15OS/c11-12-10-4-7-1-8(5-10)3-9(2-7)6-10/h7-9H,1-6H2/q+1. The van der Waals surface area contributed by atoms with Crippen LogP contribution in [0.3, 0.4) is 0 Å². The molecule has 0 amide bonds. The van der Waals surface area contributed by atoms with Gasteiger partial charge in [0.2, 0.25) is 4.75 Å². The SMILES string of the molecule is O=[S+]C12CC3CC(CC(C3)C1)C2. The molecule has 66 valence electrons. The second kappa shape index (κ2) is 2.28. The Morgan fingerprint density at radius 2 is 1.33 bits per heavy atom. The lowest BCUT2D eigenvalue weighted by Crippen LogP contribution is -2.49. The summed E-state index contributed by atoms with van der Waals surface area (Å²) >= 11 is 0.932. The van der Waals surface area contributed by atoms with E-state index in [1.54, 1.807) is 0 Å². The highest BCUT2D eigenvalue weighted by Crippen LogP contribution is 2.56. The lowest BCUT2D eigenvalue weighted by molar-refractivity contribution is 0.0370. The molecule has 0 aromatic rings. The highest BCUT2D eigenvalue weighted by Gasteiger charge is 2.59. The van der Waals surface area contributed by atoms with Crippen molar-refractivity contribution in [3.8, 4) is 0 Å². The van der Waals surface area contributed by atoms with Crippen LogP contribution in [0.15, 0.2) is 0 Å². The minimum absolute atomic E-state index is 0.203. The number of rotatable bonds is 1. The topological polar surface area (TPSA) is 17.1 Å². The largest absolute Gasteiger partial charge is 0.465 e. The van der Waals surface area contributed by atoms with E-state index in [0.29, 0.717) is 0 Å². The van der Waals surface area contributed by atoms with Gasteiger partial charge in [-0.15, -0.1) is 0 Å². The Morgan fingerprint density at radius 1 is 0.917 bits per heavy atom. The van der Waals surface area contributed by atoms with Gasteiger partial charge in [0.05, 0.1) is 0 Å². The lowest BCUT2D eigenvalue weighted by Gasteiger charge is -2.48. The molecule has 0 aliphatic heterocycles. The van der Waals surface area contributed by atoms with Crippen molar-refractivity contribution < 1.29 is 4.21 Å². The molecule has 0 atom stereocenters. The van der Waals surface area contributed by atoms with Crippen LogP contribution in [-0.2, 0) is 15.9 Å². The summed E-state index contributed by atoms with van der Waals surface area (Å²) in [5.41, 5.74) is 0. The van der Waals surface area contributed by atoms with E-state index >= 15 is 0 Å². The van der Waals surface area contributed by atoms with Gasteiger partial charge in [0.1, 0.15) is 0 Å². The molecule has 4 fully saturated rings. The van der Waals surface area contributed by atoms with Crippen molar-refractivity contribution >= 4 is 11.7 Å². The average Bonchev–Trinajstić information content (AvgIpc) is 2.02. The zero-order valence-electron chi connectivity index (χ0n) is 7.29. The van der Waals surface area contributed by atoms with Crippen molar-refractivity contribution in [2.75, 3.05) is 0 Å². The molecule has 0 aromatic heterocycles. The van der Waals surface area contributed by atoms with Crippen molar-refractivity contribution in [2.24, 2.45) is 17.8 Å². The molecule has 0 unspecified atom stereocenters. The molecule has 2 heteroatoms. The van der Waals surface area contributed by atoms with Gasteiger partial charge in [-0.1, -0.05) is 0 Å². The van der Waals surface area contributed by atoms with Crippen LogP contribution in [0, 0.1) is 17.8 Å². The van der Waals surface area contributed by atoms with E-state index in [-0.39, 0.29) is 4.75 Å². The van der Waals surface area contributed by atoms with E-state index in [2.05, 4.69) is 0 Å². The first-order valence-corrected chi connectivity index (χ1v) is 5.85. The Bertz CT molecular complexity index is 189. The molecule has 4 bridgehead atoms. The predicted molar refractivity (Wildman–Crippen MR) is 49.0 cm³/mol. The fourth-order valence-electron chi connectivity index (χ4n) is 4.13. The predicted octanol–water partition coefficient (Wildman–Crippen LogP) is 2.38. The molecule has 0 aromatic carbocycles. The maximum Gasteiger partial charge on any atom is 0.465 e. The molecule has 4 saturated carbocycles. The van der Waals surface area contributed by atoms with E-state index in [1.165, 1.54) is 38.5 Å². The van der Waals surface area contributed by atoms with Gasteiger partial charge in [-0.3, -0.25) is 0 Å². The van der Waals surface area contributed by atoms with Crippen LogP contribution in [0.1, 0.15) is 38.5 Å². The maximum absolute atomic E-state index is 11.1. The van der Waals surface area contributed by atoms with E-state index in [1.807, 2.05) is 0 Å². The van der Waals surface area contributed by atoms with Crippen molar-refractivity contribution in [1.29, 1.82) is 0 Å². The average molecular weight is 183 g/mol. The monoisotopic (exact) mass is 183 g/mol. The molecule has 12 heavy (non-hydrogen) atoms. The van der Waals surface area contributed by atoms with Crippen LogP contribution in [-0.4, -0.2) is 4.75 Å². The van der Waals surface area contributed by atoms with Gasteiger partial charge in [0, 0.05) is 23.5 Å². The second-order valence-electron chi connectivity index (χ2n) is 5.18. The minimum Gasteiger partial charge on any atom is -0.0471 e. The molecule has 0 spiro atoms. The third kappa shape index (κ3) is 0.905. The summed E-state index contributed by atoms with van der Waals surface area (Å²) in [4.78, 5) is 0. The smallest absolute Gasteiger partial charge is 0.0471 e. The Morgan fingerprint density at radius 3 is 1.67 bits per heavy atom. The highest BCUT2D eigenvalue weighted by atomic mass is 32.1. The molecule has 4 rings (SSSR count). The molecule has 4 aliphatic carbocycles. The zero-order chi connectivity index (χ0) is 8.18. The molecule has 0 heterocycles. The summed E-state index contributed by atoms with van der Waals surface area (Å²) in [6, 6.07) is 0. The first kappa shape index (κ1) is 7.43. The Hall–Kier alpha value is 0.0200. The van der Waals surface area contributed by atoms with Gasteiger partial charge in [0.25, 0.3) is 0 Å².